The molecule has 3 radical (unpaired) electrons. The van der Waals surface area contributed by atoms with Gasteiger partial charge >= 0.3 is 40.2 Å². The molecule has 0 saturated heterocycles. The predicted molar refractivity (Wildman–Crippen MR) is 451 cm³/mol. The van der Waals surface area contributed by atoms with Crippen LogP contribution in [-0.4, -0.2) is 47.7 Å². The van der Waals surface area contributed by atoms with E-state index in [0.29, 0.717) is 0 Å². The van der Waals surface area contributed by atoms with Crippen molar-refractivity contribution < 1.29 is 105 Å². The van der Waals surface area contributed by atoms with Crippen LogP contribution >= 0.6 is 11.3 Å². The van der Waals surface area contributed by atoms with Gasteiger partial charge in [0.15, 0.2) is 6.39 Å². The molecule has 0 unspecified atom stereocenters. The van der Waals surface area contributed by atoms with Crippen molar-refractivity contribution in [1.29, 1.82) is 0 Å². The van der Waals surface area contributed by atoms with Crippen LogP contribution in [0.4, 0.5) is 34.6 Å². The van der Waals surface area contributed by atoms with E-state index in [1.807, 2.05) is 145 Å². The van der Waals surface area contributed by atoms with Crippen molar-refractivity contribution in [2.45, 2.75) is 0 Å². The first-order valence-corrected chi connectivity index (χ1v) is 32.5. The number of oxazole rings is 1. The van der Waals surface area contributed by atoms with Crippen LogP contribution in [0.3, 0.4) is 0 Å². The molecular formula is C90H80Ir5N16OS-12. The number of nitrogens with zero attached hydrogens (tertiary/aromatic N) is 16. The van der Waals surface area contributed by atoms with Crippen LogP contribution in [0.15, 0.2) is 291 Å². The summed E-state index contributed by atoms with van der Waals surface area (Å²) in [6, 6.07) is 87.9. The Balaban J connectivity index is 0.000000290. The van der Waals surface area contributed by atoms with E-state index >= 15 is 0 Å². The second kappa shape index (κ2) is 40.4. The van der Waals surface area contributed by atoms with E-state index in [9.17, 15) is 0 Å². The zero-order chi connectivity index (χ0) is 64.6. The summed E-state index contributed by atoms with van der Waals surface area (Å²) in [5.74, 6) is 2.93. The van der Waals surface area contributed by atoms with Crippen molar-refractivity contribution in [2.24, 2.45) is 0 Å². The number of rotatable bonds is 3. The number of pyridine rings is 2. The molecular weight excluding hydrogens is 2310 g/mol. The molecule has 15 heterocycles. The third-order valence-corrected chi connectivity index (χ3v) is 18.6. The first kappa shape index (κ1) is 95.0. The number of thiazole rings is 1. The van der Waals surface area contributed by atoms with E-state index < -0.39 is 0 Å². The molecule has 23 heteroatoms. The van der Waals surface area contributed by atoms with E-state index in [1.54, 1.807) is 11.3 Å². The molecule has 6 aliphatic heterocycles. The summed E-state index contributed by atoms with van der Waals surface area (Å²) in [4.78, 5) is 17.5. The second-order valence-corrected chi connectivity index (χ2v) is 24.1. The van der Waals surface area contributed by atoms with Crippen LogP contribution in [0.2, 0.25) is 0 Å². The summed E-state index contributed by atoms with van der Waals surface area (Å²) < 4.78 is 17.1. The Bertz CT molecular complexity index is 5350. The maximum absolute atomic E-state index is 5.45. The predicted octanol–water partition coefficient (Wildman–Crippen LogP) is 21.3. The third-order valence-electron chi connectivity index (χ3n) is 17.8. The van der Waals surface area contributed by atoms with Gasteiger partial charge in [0.2, 0.25) is 5.95 Å². The molecule has 23 rings (SSSR count). The molecule has 8 aromatic carbocycles. The minimum absolute atomic E-state index is 0. The van der Waals surface area contributed by atoms with E-state index in [4.69, 9.17) is 4.42 Å². The van der Waals surface area contributed by atoms with Gasteiger partial charge < -0.3 is 122 Å². The number of anilines is 6. The van der Waals surface area contributed by atoms with Gasteiger partial charge in [-0.2, -0.15) is 59.7 Å². The van der Waals surface area contributed by atoms with Gasteiger partial charge in [0.25, 0.3) is 0 Å². The molecule has 17 nitrogen and oxygen atoms in total. The monoisotopic (exact) mass is 2400 g/mol. The zero-order valence-corrected chi connectivity index (χ0v) is 76.3. The Kier molecular flexibility index (Phi) is 34.0. The van der Waals surface area contributed by atoms with Crippen LogP contribution in [0.5, 0.6) is 0 Å². The molecule has 17 aromatic rings. The van der Waals surface area contributed by atoms with Crippen LogP contribution in [0, 0.1) is 124 Å². The van der Waals surface area contributed by atoms with Crippen LogP contribution in [0.1, 0.15) is 16.7 Å². The molecule has 0 N–H and O–H groups in total. The Morgan fingerprint density at radius 1 is 0.389 bits per heavy atom. The fraction of sp³-hybridized carbons (Fsp3) is 0. The average molecular weight is 2390 g/mol. The molecule has 0 spiro atoms. The molecule has 0 bridgehead atoms. The van der Waals surface area contributed by atoms with E-state index in [0.717, 1.165) is 95.7 Å². The number of para-hydroxylation sites is 3. The fourth-order valence-electron chi connectivity index (χ4n) is 13.3. The van der Waals surface area contributed by atoms with Crippen LogP contribution in [-0.2, 0) is 101 Å². The summed E-state index contributed by atoms with van der Waals surface area (Å²) in [6.07, 6.45) is 21.3. The number of benzene rings is 8. The summed E-state index contributed by atoms with van der Waals surface area (Å²) in [5, 5.41) is 19.1. The first-order valence-electron chi connectivity index (χ1n) is 31.6. The summed E-state index contributed by atoms with van der Waals surface area (Å²) >= 11 is 1.68. The van der Waals surface area contributed by atoms with E-state index in [-0.39, 0.29) is 175 Å². The van der Waals surface area contributed by atoms with Crippen molar-refractivity contribution in [3.8, 4) is 17.1 Å². The van der Waals surface area contributed by atoms with Gasteiger partial charge in [-0.15, -0.1) is 153 Å². The number of hydrogen-bond acceptors (Lipinski definition) is 13. The van der Waals surface area contributed by atoms with Crippen molar-refractivity contribution >= 4 is 117 Å². The van der Waals surface area contributed by atoms with Crippen molar-refractivity contribution in [3.05, 3.63) is 427 Å². The molecule has 0 fully saturated rings. The first-order chi connectivity index (χ1) is 48.6. The fourth-order valence-corrected chi connectivity index (χ4v) is 14.2. The molecule has 0 aliphatic carbocycles. The van der Waals surface area contributed by atoms with Gasteiger partial charge in [0.1, 0.15) is 17.2 Å². The van der Waals surface area contributed by atoms with Crippen LogP contribution < -0.4 is 30.1 Å². The Morgan fingerprint density at radius 3 is 1.40 bits per heavy atom. The number of aromatic nitrogens is 10. The molecule has 113 heavy (non-hydrogen) atoms. The molecule has 0 amide bonds. The average Bonchev–Trinajstić information content (AvgIpc) is 1.53. The second-order valence-electron chi connectivity index (χ2n) is 23.3. The van der Waals surface area contributed by atoms with Gasteiger partial charge in [0, 0.05) is 100 Å². The van der Waals surface area contributed by atoms with Crippen molar-refractivity contribution in [3.63, 3.8) is 0 Å². The van der Waals surface area contributed by atoms with Gasteiger partial charge in [-0.1, -0.05) is 98.2 Å². The number of fused-ring (bicyclic) bond motifs is 30. The number of imidazole rings is 2. The largest absolute Gasteiger partial charge is 3.00 e. The summed E-state index contributed by atoms with van der Waals surface area (Å²) in [6.45, 7) is 6.41. The topological polar surface area (TPSA) is 121 Å². The SMILES string of the molecule is [CH3-].[CH3-].[CH3-].[CH3-].[CH3-].[CH3-].[CH3-].[CH3-].[CH3-].[CH3-].[Ir+3].[Ir+3].[Ir].[Ir].[Ir].[c-]1cccc2c1N1[CH-]C(c3ccccc3)=CN1c1ccnn1-2.[c-]1cccc2c1N1[CH-]C(c3ccccc3)=CN1c1cncn1-2.[c-]1cccc2c1N1[CH-]C(c3ccccc3)=CN1c1nccn1-2.[c-]1cccc2c1c1ncoc1c1cccn21.[c-]1cccc2c1c1ncsc1c1cccn21. The van der Waals surface area contributed by atoms with Crippen molar-refractivity contribution in [1.82, 2.24) is 47.7 Å². The number of hydrazine groups is 3. The quantitative estimate of drug-likeness (QED) is 0.157. The Hall–Kier alpha value is -10.3. The maximum atomic E-state index is 5.45. The minimum Gasteiger partial charge on any atom is -0.452 e. The maximum Gasteiger partial charge on any atom is 3.00 e. The van der Waals surface area contributed by atoms with Crippen LogP contribution in [0.25, 0.3) is 87.9 Å². The molecule has 0 atom stereocenters. The molecule has 9 aromatic heterocycles. The molecule has 589 valence electrons. The van der Waals surface area contributed by atoms with E-state index in [1.165, 1.54) is 50.0 Å². The summed E-state index contributed by atoms with van der Waals surface area (Å²) in [7, 11) is 0. The normalized spacial score (nSPS) is 12.0. The van der Waals surface area contributed by atoms with Gasteiger partial charge in [-0.25, -0.2) is 9.97 Å². The van der Waals surface area contributed by atoms with Gasteiger partial charge in [-0.3, -0.25) is 19.7 Å². The molecule has 0 saturated carbocycles. The summed E-state index contributed by atoms with van der Waals surface area (Å²) in [5.41, 5.74) is 22.5. The Labute approximate surface area is 736 Å². The Morgan fingerprint density at radius 2 is 0.841 bits per heavy atom. The zero-order valence-electron chi connectivity index (χ0n) is 63.5. The molecule has 6 aliphatic rings. The minimum atomic E-state index is 0. The van der Waals surface area contributed by atoms with Crippen molar-refractivity contribution in [2.75, 3.05) is 30.1 Å². The van der Waals surface area contributed by atoms with Gasteiger partial charge in [0.05, 0.1) is 29.7 Å². The third kappa shape index (κ3) is 16.6. The standard InChI is InChI=1S/3C18H12N4.C13H7N2O.C13H7N2S.10CH3.5Ir/c1-2-6-14(7-3-1)15-11-21-17-9-5-4-8-16(17)20-13-19-10-18(20)22(21)12-15;1-2-6-14(7-3-1)15-12-21-17-9-5-4-8-16(17)20-11-10-19-18(20)22(21)13-15;1-2-6-14(7-3-1)15-12-20-16-8-4-5-9-17(16)22-18(10-11-19-22)21(20)13-15;2*1-2-5-10-9(4-1)12-13(16-8-14-12)11-6-3-7-15(10)11;;;;;;;;;;;;;;;/h2*1-8,10-13H;1-7,9-13H;2*1-3,5-8H;10*1H3;;;;;/q3*-2;12*-1;;;;2*+3. The smallest absolute Gasteiger partial charge is 0.452 e. The number of hydrogen-bond donors (Lipinski definition) is 0. The van der Waals surface area contributed by atoms with E-state index in [2.05, 4.69) is 263 Å². The van der Waals surface area contributed by atoms with Gasteiger partial charge in [-0.05, 0) is 81.8 Å².